The van der Waals surface area contributed by atoms with E-state index in [0.717, 1.165) is 9.80 Å². The summed E-state index contributed by atoms with van der Waals surface area (Å²) in [6.45, 7) is 0. The van der Waals surface area contributed by atoms with E-state index in [4.69, 9.17) is 0 Å². The summed E-state index contributed by atoms with van der Waals surface area (Å²) in [6.07, 6.45) is 0. The smallest absolute Gasteiger partial charge is 0.265 e. The predicted molar refractivity (Wildman–Crippen MR) is 93.5 cm³/mol. The predicted octanol–water partition coefficient (Wildman–Crippen LogP) is 3.80. The van der Waals surface area contributed by atoms with Gasteiger partial charge >= 0.3 is 0 Å². The molecule has 0 fully saturated rings. The number of hydrogen-bond donors (Lipinski definition) is 1. The fourth-order valence-corrected chi connectivity index (χ4v) is 3.18. The zero-order valence-electron chi connectivity index (χ0n) is 12.4. The minimum absolute atomic E-state index is 0.389. The number of carbonyl (C=O) groups excluding carboxylic acids is 2. The molecule has 114 valence electrons. The molecule has 0 N–H and O–H groups in total. The Balaban J connectivity index is 2.00. The fraction of sp³-hybridized carbons (Fsp3) is 0. The summed E-state index contributed by atoms with van der Waals surface area (Å²) >= 11 is 4.23. The molecule has 0 spiro atoms. The Hall–Kier alpha value is -3.10. The Morgan fingerprint density at radius 1 is 0.875 bits per heavy atom. The molecule has 0 unspecified atom stereocenters. The van der Waals surface area contributed by atoms with Gasteiger partial charge in [0.05, 0.1) is 17.3 Å². The van der Waals surface area contributed by atoms with Crippen LogP contribution in [0.5, 0.6) is 0 Å². The number of amides is 2. The van der Waals surface area contributed by atoms with Crippen molar-refractivity contribution >= 4 is 40.9 Å². The van der Waals surface area contributed by atoms with Gasteiger partial charge in [-0.15, -0.1) is 12.6 Å². The van der Waals surface area contributed by atoms with E-state index < -0.39 is 0 Å². The summed E-state index contributed by atoms with van der Waals surface area (Å²) in [5.41, 5.74) is 1.79. The minimum Gasteiger partial charge on any atom is -0.268 e. The summed E-state index contributed by atoms with van der Waals surface area (Å²) in [4.78, 5) is 27.7. The monoisotopic (exact) mass is 330 g/mol. The normalized spacial score (nSPS) is 13.2. The van der Waals surface area contributed by atoms with Crippen LogP contribution in [0.2, 0.25) is 0 Å². The molecule has 2 amide bonds. The molecule has 4 rings (SSSR count). The molecule has 0 saturated carbocycles. The Labute approximate surface area is 143 Å². The van der Waals surface area contributed by atoms with Crippen molar-refractivity contribution < 1.29 is 9.59 Å². The number of anilines is 1. The number of benzene rings is 3. The van der Waals surface area contributed by atoms with E-state index in [1.807, 2.05) is 0 Å². The van der Waals surface area contributed by atoms with E-state index in [0.29, 0.717) is 33.2 Å². The van der Waals surface area contributed by atoms with Crippen molar-refractivity contribution in [2.24, 2.45) is 0 Å². The van der Waals surface area contributed by atoms with Crippen molar-refractivity contribution in [3.63, 3.8) is 0 Å². The number of carbonyl (C=O) groups is 2. The maximum atomic E-state index is 12.9. The third-order valence-corrected chi connectivity index (χ3v) is 4.43. The second-order valence-electron chi connectivity index (χ2n) is 5.46. The zero-order chi connectivity index (χ0) is 16.8. The van der Waals surface area contributed by atoms with Gasteiger partial charge in [0.1, 0.15) is 0 Å². The first-order valence-corrected chi connectivity index (χ1v) is 7.70. The van der Waals surface area contributed by atoms with Crippen molar-refractivity contribution in [2.45, 2.75) is 4.90 Å². The van der Waals surface area contributed by atoms with E-state index >= 15 is 0 Å². The number of nitriles is 1. The lowest BCUT2D eigenvalue weighted by Crippen LogP contribution is -2.40. The van der Waals surface area contributed by atoms with Crippen molar-refractivity contribution in [3.05, 3.63) is 71.3 Å². The number of rotatable bonds is 1. The highest BCUT2D eigenvalue weighted by molar-refractivity contribution is 7.80. The lowest BCUT2D eigenvalue weighted by Gasteiger charge is -2.27. The van der Waals surface area contributed by atoms with Gasteiger partial charge in [-0.05, 0) is 42.5 Å². The average Bonchev–Trinajstić information content (AvgIpc) is 2.61. The van der Waals surface area contributed by atoms with E-state index in [9.17, 15) is 14.9 Å². The third kappa shape index (κ3) is 1.94. The molecule has 0 atom stereocenters. The molecule has 0 aliphatic carbocycles. The van der Waals surface area contributed by atoms with E-state index in [2.05, 4.69) is 18.7 Å². The van der Waals surface area contributed by atoms with Crippen LogP contribution < -0.4 is 4.90 Å². The van der Waals surface area contributed by atoms with Gasteiger partial charge in [0.15, 0.2) is 0 Å². The molecule has 0 radical (unpaired) electrons. The molecule has 24 heavy (non-hydrogen) atoms. The highest BCUT2D eigenvalue weighted by Crippen LogP contribution is 2.34. The fourth-order valence-electron chi connectivity index (χ4n) is 3.03. The highest BCUT2D eigenvalue weighted by atomic mass is 32.1. The van der Waals surface area contributed by atoms with Crippen molar-refractivity contribution in [1.29, 1.82) is 5.26 Å². The molecule has 1 aliphatic rings. The van der Waals surface area contributed by atoms with Gasteiger partial charge in [0.25, 0.3) is 11.8 Å². The number of thiol groups is 1. The molecule has 1 heterocycles. The molecule has 3 aromatic rings. The summed E-state index contributed by atoms with van der Waals surface area (Å²) < 4.78 is 0. The van der Waals surface area contributed by atoms with Gasteiger partial charge in [-0.2, -0.15) is 5.26 Å². The van der Waals surface area contributed by atoms with Gasteiger partial charge in [-0.25, -0.2) is 4.90 Å². The molecular weight excluding hydrogens is 320 g/mol. The van der Waals surface area contributed by atoms with Crippen LogP contribution in [-0.4, -0.2) is 11.8 Å². The summed E-state index contributed by atoms with van der Waals surface area (Å²) in [5.74, 6) is -0.778. The highest BCUT2D eigenvalue weighted by Gasteiger charge is 2.34. The van der Waals surface area contributed by atoms with Crippen molar-refractivity contribution in [3.8, 4) is 6.07 Å². The number of imide groups is 1. The maximum absolute atomic E-state index is 12.9. The van der Waals surface area contributed by atoms with E-state index in [1.165, 1.54) is 0 Å². The average molecular weight is 330 g/mol. The Bertz CT molecular complexity index is 1040. The molecule has 3 aromatic carbocycles. The molecule has 0 bridgehead atoms. The van der Waals surface area contributed by atoms with Crippen LogP contribution in [0.15, 0.2) is 59.5 Å². The van der Waals surface area contributed by atoms with Crippen LogP contribution in [0.1, 0.15) is 26.3 Å². The quantitative estimate of drug-likeness (QED) is 0.545. The van der Waals surface area contributed by atoms with Crippen LogP contribution in [0.25, 0.3) is 10.8 Å². The number of hydrogen-bond acceptors (Lipinski definition) is 4. The van der Waals surface area contributed by atoms with E-state index in [-0.39, 0.29) is 11.8 Å². The first kappa shape index (κ1) is 14.5. The van der Waals surface area contributed by atoms with Crippen LogP contribution in [0, 0.1) is 11.3 Å². The largest absolute Gasteiger partial charge is 0.268 e. The van der Waals surface area contributed by atoms with Gasteiger partial charge in [0.2, 0.25) is 0 Å². The zero-order valence-corrected chi connectivity index (χ0v) is 13.2. The lowest BCUT2D eigenvalue weighted by atomic mass is 9.91. The summed E-state index contributed by atoms with van der Waals surface area (Å²) in [7, 11) is 0. The topological polar surface area (TPSA) is 61.2 Å². The molecule has 1 aliphatic heterocycles. The number of nitrogens with zero attached hydrogens (tertiary/aromatic N) is 2. The van der Waals surface area contributed by atoms with Crippen molar-refractivity contribution in [2.75, 3.05) is 4.90 Å². The third-order valence-electron chi connectivity index (χ3n) is 4.14. The van der Waals surface area contributed by atoms with Gasteiger partial charge < -0.3 is 0 Å². The first-order valence-electron chi connectivity index (χ1n) is 7.25. The molecule has 0 aromatic heterocycles. The molecular formula is C19H10N2O2S. The Kier molecular flexibility index (Phi) is 3.15. The molecule has 0 saturated heterocycles. The van der Waals surface area contributed by atoms with Crippen LogP contribution in [0.3, 0.4) is 0 Å². The van der Waals surface area contributed by atoms with Crippen molar-refractivity contribution in [1.82, 2.24) is 0 Å². The van der Waals surface area contributed by atoms with Gasteiger partial charge in [0, 0.05) is 26.8 Å². The Morgan fingerprint density at radius 3 is 2.21 bits per heavy atom. The van der Waals surface area contributed by atoms with E-state index in [1.54, 1.807) is 54.6 Å². The molecule has 4 nitrogen and oxygen atoms in total. The summed E-state index contributed by atoms with van der Waals surface area (Å²) in [5, 5.41) is 10.4. The maximum Gasteiger partial charge on any atom is 0.265 e. The standard InChI is InChI=1S/C19H10N2O2S/c20-10-11-4-9-16-17-14(11)2-1-3-15(17)18(22)21(19(16)23)12-5-7-13(24)8-6-12/h1-9,24H. The van der Waals surface area contributed by atoms with Crippen LogP contribution in [0.4, 0.5) is 5.69 Å². The first-order chi connectivity index (χ1) is 11.6. The lowest BCUT2D eigenvalue weighted by molar-refractivity contribution is 0.0893. The second kappa shape index (κ2) is 5.22. The Morgan fingerprint density at radius 2 is 1.54 bits per heavy atom. The second-order valence-corrected chi connectivity index (χ2v) is 5.98. The van der Waals surface area contributed by atoms with Crippen LogP contribution >= 0.6 is 12.6 Å². The van der Waals surface area contributed by atoms with Gasteiger partial charge in [-0.3, -0.25) is 9.59 Å². The molecule has 5 heteroatoms. The van der Waals surface area contributed by atoms with Crippen LogP contribution in [-0.2, 0) is 0 Å². The minimum atomic E-state index is -0.389. The van der Waals surface area contributed by atoms with Gasteiger partial charge in [-0.1, -0.05) is 12.1 Å². The SMILES string of the molecule is N#Cc1ccc2c3c(cccc13)C(=O)N(c1ccc(S)cc1)C2=O. The summed E-state index contributed by atoms with van der Waals surface area (Å²) in [6, 6.07) is 17.3.